The second kappa shape index (κ2) is 6.82. The van der Waals surface area contributed by atoms with Crippen LogP contribution in [-0.2, 0) is 4.79 Å². The van der Waals surface area contributed by atoms with Gasteiger partial charge in [-0.3, -0.25) is 14.9 Å². The number of rotatable bonds is 5. The third-order valence-corrected chi connectivity index (χ3v) is 5.21. The van der Waals surface area contributed by atoms with Gasteiger partial charge in [-0.1, -0.05) is 23.1 Å². The molecule has 2 heterocycles. The molecule has 0 fully saturated rings. The van der Waals surface area contributed by atoms with Crippen LogP contribution in [0.1, 0.15) is 15.2 Å². The average Bonchev–Trinajstić information content (AvgIpc) is 3.05. The summed E-state index contributed by atoms with van der Waals surface area (Å²) in [7, 11) is 1.58. The van der Waals surface area contributed by atoms with Gasteiger partial charge in [0.05, 0.1) is 10.6 Å². The predicted octanol–water partition coefficient (Wildman–Crippen LogP) is 2.00. The topological polar surface area (TPSA) is 84.0 Å². The highest BCUT2D eigenvalue weighted by atomic mass is 32.2. The fraction of sp³-hybridized carbons (Fsp3) is 0.273. The van der Waals surface area contributed by atoms with Gasteiger partial charge in [-0.05, 0) is 23.9 Å². The largest absolute Gasteiger partial charge is 0.358 e. The number of anilines is 1. The fourth-order valence-electron chi connectivity index (χ4n) is 1.23. The summed E-state index contributed by atoms with van der Waals surface area (Å²) in [4.78, 5) is 23.7. The molecule has 9 heteroatoms. The summed E-state index contributed by atoms with van der Waals surface area (Å²) in [6.45, 7) is 1.94. The molecule has 0 spiro atoms. The molecule has 0 aromatic carbocycles. The lowest BCUT2D eigenvalue weighted by molar-refractivity contribution is -0.118. The van der Waals surface area contributed by atoms with Crippen molar-refractivity contribution in [3.8, 4) is 0 Å². The molecule has 0 unspecified atom stereocenters. The Morgan fingerprint density at radius 3 is 2.85 bits per heavy atom. The van der Waals surface area contributed by atoms with Gasteiger partial charge in [0.15, 0.2) is 4.34 Å². The molecule has 2 aromatic heterocycles. The number of nitrogens with zero attached hydrogens (tertiary/aromatic N) is 2. The monoisotopic (exact) mass is 328 g/mol. The van der Waals surface area contributed by atoms with Crippen molar-refractivity contribution >= 4 is 51.4 Å². The van der Waals surface area contributed by atoms with E-state index in [0.717, 1.165) is 5.56 Å². The van der Waals surface area contributed by atoms with Crippen LogP contribution >= 0.6 is 34.4 Å². The van der Waals surface area contributed by atoms with Crippen molar-refractivity contribution in [1.29, 1.82) is 0 Å². The van der Waals surface area contributed by atoms with Crippen LogP contribution < -0.4 is 10.6 Å². The van der Waals surface area contributed by atoms with Crippen molar-refractivity contribution in [1.82, 2.24) is 15.5 Å². The highest BCUT2D eigenvalue weighted by molar-refractivity contribution is 8.01. The molecular weight excluding hydrogens is 316 g/mol. The van der Waals surface area contributed by atoms with E-state index >= 15 is 0 Å². The molecule has 0 atom stereocenters. The first-order valence-corrected chi connectivity index (χ1v) is 8.30. The van der Waals surface area contributed by atoms with Crippen molar-refractivity contribution in [2.75, 3.05) is 18.1 Å². The lowest BCUT2D eigenvalue weighted by Crippen LogP contribution is -2.19. The number of aromatic nitrogens is 2. The number of aryl methyl sites for hydroxylation is 1. The first-order valence-electron chi connectivity index (χ1n) is 5.62. The molecule has 0 aliphatic rings. The normalized spacial score (nSPS) is 10.3. The van der Waals surface area contributed by atoms with Gasteiger partial charge in [0.25, 0.3) is 5.91 Å². The lowest BCUT2D eigenvalue weighted by Gasteiger charge is -1.96. The Hall–Kier alpha value is -1.45. The van der Waals surface area contributed by atoms with Gasteiger partial charge in [-0.15, -0.1) is 21.5 Å². The van der Waals surface area contributed by atoms with Crippen LogP contribution in [0.15, 0.2) is 15.8 Å². The van der Waals surface area contributed by atoms with Crippen LogP contribution in [0.3, 0.4) is 0 Å². The lowest BCUT2D eigenvalue weighted by atomic mass is 10.3. The summed E-state index contributed by atoms with van der Waals surface area (Å²) in [6, 6.07) is 1.82. The Bertz CT molecular complexity index is 623. The van der Waals surface area contributed by atoms with Crippen molar-refractivity contribution in [2.45, 2.75) is 11.3 Å². The Morgan fingerprint density at radius 1 is 1.40 bits per heavy atom. The van der Waals surface area contributed by atoms with Crippen LogP contribution in [0.25, 0.3) is 0 Å². The van der Waals surface area contributed by atoms with E-state index in [-0.39, 0.29) is 17.6 Å². The third kappa shape index (κ3) is 4.02. The van der Waals surface area contributed by atoms with Gasteiger partial charge in [0.2, 0.25) is 11.0 Å². The standard InChI is InChI=1S/C11H12N4O2S3/c1-6-3-7(18-4-6)9(17)13-10-14-15-11(20-10)19-5-8(16)12-2/h3-4H,5H2,1-2H3,(H,12,16)(H,13,14,17). The fourth-order valence-corrected chi connectivity index (χ4v) is 3.64. The molecule has 2 N–H and O–H groups in total. The van der Waals surface area contributed by atoms with Gasteiger partial charge < -0.3 is 5.32 Å². The summed E-state index contributed by atoms with van der Waals surface area (Å²) >= 11 is 3.92. The molecule has 0 bridgehead atoms. The SMILES string of the molecule is CNC(=O)CSc1nnc(NC(=O)c2cc(C)cs2)s1. The average molecular weight is 328 g/mol. The summed E-state index contributed by atoms with van der Waals surface area (Å²) in [5.41, 5.74) is 1.05. The molecule has 20 heavy (non-hydrogen) atoms. The summed E-state index contributed by atoms with van der Waals surface area (Å²) in [5.74, 6) is 0.00961. The second-order valence-corrected chi connectivity index (χ2v) is 6.89. The van der Waals surface area contributed by atoms with Crippen molar-refractivity contribution in [3.05, 3.63) is 21.9 Å². The highest BCUT2D eigenvalue weighted by Gasteiger charge is 2.12. The van der Waals surface area contributed by atoms with E-state index < -0.39 is 0 Å². The van der Waals surface area contributed by atoms with Crippen LogP contribution in [0, 0.1) is 6.92 Å². The summed E-state index contributed by atoms with van der Waals surface area (Å²) in [5, 5.41) is 15.4. The maximum absolute atomic E-state index is 11.9. The van der Waals surface area contributed by atoms with Crippen LogP contribution in [-0.4, -0.2) is 34.8 Å². The molecule has 0 aliphatic heterocycles. The molecule has 0 saturated heterocycles. The zero-order chi connectivity index (χ0) is 14.5. The quantitative estimate of drug-likeness (QED) is 0.648. The zero-order valence-electron chi connectivity index (χ0n) is 10.8. The van der Waals surface area contributed by atoms with Crippen LogP contribution in [0.2, 0.25) is 0 Å². The number of carbonyl (C=O) groups is 2. The summed E-state index contributed by atoms with van der Waals surface area (Å²) < 4.78 is 0.645. The Kier molecular flexibility index (Phi) is 5.10. The molecule has 6 nitrogen and oxygen atoms in total. The van der Waals surface area contributed by atoms with E-state index in [1.54, 1.807) is 7.05 Å². The van der Waals surface area contributed by atoms with E-state index in [4.69, 9.17) is 0 Å². The number of amides is 2. The van der Waals surface area contributed by atoms with E-state index in [1.807, 2.05) is 18.4 Å². The van der Waals surface area contributed by atoms with Gasteiger partial charge in [-0.2, -0.15) is 0 Å². The van der Waals surface area contributed by atoms with Crippen molar-refractivity contribution in [3.63, 3.8) is 0 Å². The number of nitrogens with one attached hydrogen (secondary N) is 2. The Balaban J connectivity index is 1.92. The Labute approximate surface area is 128 Å². The Morgan fingerprint density at radius 2 is 2.20 bits per heavy atom. The first-order chi connectivity index (χ1) is 9.58. The molecule has 0 saturated carbocycles. The van der Waals surface area contributed by atoms with Gasteiger partial charge in [0.1, 0.15) is 0 Å². The minimum Gasteiger partial charge on any atom is -0.358 e. The zero-order valence-corrected chi connectivity index (χ0v) is 13.2. The predicted molar refractivity (Wildman–Crippen MR) is 81.7 cm³/mol. The molecule has 0 aliphatic carbocycles. The van der Waals surface area contributed by atoms with Crippen molar-refractivity contribution in [2.24, 2.45) is 0 Å². The van der Waals surface area contributed by atoms with Crippen LogP contribution in [0.4, 0.5) is 5.13 Å². The minimum absolute atomic E-state index is 0.0788. The third-order valence-electron chi connectivity index (χ3n) is 2.19. The minimum atomic E-state index is -0.192. The highest BCUT2D eigenvalue weighted by Crippen LogP contribution is 2.26. The molecule has 106 valence electrons. The second-order valence-electron chi connectivity index (χ2n) is 3.78. The number of hydrogen-bond acceptors (Lipinski definition) is 7. The van der Waals surface area contributed by atoms with Gasteiger partial charge >= 0.3 is 0 Å². The van der Waals surface area contributed by atoms with Crippen molar-refractivity contribution < 1.29 is 9.59 Å². The van der Waals surface area contributed by atoms with E-state index in [0.29, 0.717) is 14.3 Å². The number of hydrogen-bond donors (Lipinski definition) is 2. The van der Waals surface area contributed by atoms with Gasteiger partial charge in [-0.25, -0.2) is 0 Å². The number of carbonyl (C=O) groups excluding carboxylic acids is 2. The molecule has 2 rings (SSSR count). The van der Waals surface area contributed by atoms with Crippen LogP contribution in [0.5, 0.6) is 0 Å². The smallest absolute Gasteiger partial charge is 0.267 e. The number of thiophene rings is 1. The summed E-state index contributed by atoms with van der Waals surface area (Å²) in [6.07, 6.45) is 0. The molecular formula is C11H12N4O2S3. The maximum atomic E-state index is 11.9. The maximum Gasteiger partial charge on any atom is 0.267 e. The van der Waals surface area contributed by atoms with E-state index in [1.165, 1.54) is 34.4 Å². The molecule has 0 radical (unpaired) electrons. The molecule has 2 amide bonds. The number of thioether (sulfide) groups is 1. The van der Waals surface area contributed by atoms with E-state index in [9.17, 15) is 9.59 Å². The molecule has 2 aromatic rings. The van der Waals surface area contributed by atoms with E-state index in [2.05, 4.69) is 20.8 Å². The van der Waals surface area contributed by atoms with Gasteiger partial charge in [0, 0.05) is 7.05 Å². The first kappa shape index (κ1) is 14.9.